The number of nitrogens with zero attached hydrogens (tertiary/aromatic N) is 4. The van der Waals surface area contributed by atoms with Crippen LogP contribution in [0.4, 0.5) is 11.4 Å². The van der Waals surface area contributed by atoms with Gasteiger partial charge in [-0.25, -0.2) is 0 Å². The van der Waals surface area contributed by atoms with Gasteiger partial charge in [0, 0.05) is 56.9 Å². The first-order valence-corrected chi connectivity index (χ1v) is 44.8. The Balaban J connectivity index is 1.50. The van der Waals surface area contributed by atoms with Gasteiger partial charge in [0.1, 0.15) is 11.4 Å². The lowest BCUT2D eigenvalue weighted by Gasteiger charge is -2.43. The number of quaternary nitrogens is 2. The molecule has 0 saturated heterocycles. The van der Waals surface area contributed by atoms with Gasteiger partial charge in [0.25, 0.3) is 23.6 Å². The average molecular weight is 1400 g/mol. The Kier molecular flexibility index (Phi) is 38.8. The van der Waals surface area contributed by atoms with Crippen LogP contribution < -0.4 is 8.97 Å². The Bertz CT molecular complexity index is 2950. The third-order valence-corrected chi connectivity index (χ3v) is 24.8. The number of hydrogen-bond donors (Lipinski definition) is 0. The first kappa shape index (κ1) is 84.9. The Morgan fingerprint density at radius 1 is 0.235 bits per heavy atom. The van der Waals surface area contributed by atoms with E-state index in [2.05, 4.69) is 106 Å². The molecule has 0 unspecified atom stereocenters. The van der Waals surface area contributed by atoms with Crippen LogP contribution in [0.5, 0.6) is 0 Å². The summed E-state index contributed by atoms with van der Waals surface area (Å²) < 4.78 is 1.53. The maximum absolute atomic E-state index is 16.7. The molecule has 0 aromatic heterocycles. The molecule has 102 heavy (non-hydrogen) atoms. The van der Waals surface area contributed by atoms with E-state index in [1.165, 1.54) is 191 Å². The second kappa shape index (κ2) is 46.6. The number of unbranched alkanes of at least 4 members (excludes halogenated alkanes) is 38. The molecule has 2 aliphatic rings. The highest BCUT2D eigenvalue weighted by Crippen LogP contribution is 2.55. The van der Waals surface area contributed by atoms with Gasteiger partial charge in [0.05, 0.1) is 61.2 Å². The Morgan fingerprint density at radius 2 is 0.441 bits per heavy atom. The van der Waals surface area contributed by atoms with Gasteiger partial charge >= 0.3 is 0 Å². The van der Waals surface area contributed by atoms with Crippen LogP contribution in [0.1, 0.15) is 445 Å². The molecule has 4 amide bonds. The number of hydrogen-bond acceptors (Lipinski definition) is 4. The third-order valence-electron chi connectivity index (χ3n) is 24.8. The monoisotopic (exact) mass is 1400 g/mol. The van der Waals surface area contributed by atoms with Crippen molar-refractivity contribution in [2.45, 2.75) is 415 Å². The molecule has 572 valence electrons. The van der Waals surface area contributed by atoms with E-state index in [1.807, 2.05) is 9.80 Å². The summed E-state index contributed by atoms with van der Waals surface area (Å²) in [7, 11) is 0. The van der Waals surface area contributed by atoms with Crippen molar-refractivity contribution in [3.63, 3.8) is 0 Å². The minimum absolute atomic E-state index is 0.0974. The fourth-order valence-corrected chi connectivity index (χ4v) is 18.6. The summed E-state index contributed by atoms with van der Waals surface area (Å²) >= 11 is 0. The van der Waals surface area contributed by atoms with E-state index in [-0.39, 0.29) is 35.7 Å². The quantitative estimate of drug-likeness (QED) is 0.0128. The van der Waals surface area contributed by atoms with Gasteiger partial charge in [-0.1, -0.05) is 351 Å². The standard InChI is InChI=1S/C94H154N4O4/c1-11-21-31-35-39-43-47-51-55-59-75(60-56-52-48-44-40-36-32-22-12-2)95-91(99)79-65-63-77-88-84(98(70-28-18-8,71-29-19-9)72-30-20-10)74-82-86-80(92(100)96(94(82)102)76(61-57-53-49-45-41-37-33-23-13-3)62-58-54-50-46-42-38-34-24-14-4)66-64-78(90(86)88)87-83(73-81(93(95)101)85(79)89(77)87)97(67-25-15-5,68-26-16-6)69-27-17-7/h63-66,73-76H,11-62,67-72H2,1-10H3/q+2. The van der Waals surface area contributed by atoms with Crippen molar-refractivity contribution in [2.24, 2.45) is 0 Å². The number of rotatable bonds is 62. The molecule has 0 saturated carbocycles. The summed E-state index contributed by atoms with van der Waals surface area (Å²) in [5.74, 6) is -0.437. The third kappa shape index (κ3) is 22.4. The minimum Gasteiger partial charge on any atom is -0.291 e. The zero-order chi connectivity index (χ0) is 73.0. The molecule has 0 radical (unpaired) electrons. The number of fused-ring (bicyclic) bond motifs is 2. The number of amides is 4. The van der Waals surface area contributed by atoms with Gasteiger partial charge in [-0.3, -0.25) is 37.9 Å². The molecule has 7 rings (SSSR count). The number of benzene rings is 5. The van der Waals surface area contributed by atoms with Crippen molar-refractivity contribution < 1.29 is 19.2 Å². The average Bonchev–Trinajstić information content (AvgIpc) is 0.674. The van der Waals surface area contributed by atoms with Gasteiger partial charge in [-0.15, -0.1) is 0 Å². The highest BCUT2D eigenvalue weighted by atomic mass is 16.2. The van der Waals surface area contributed by atoms with Crippen LogP contribution in [0, 0.1) is 0 Å². The lowest BCUT2D eigenvalue weighted by molar-refractivity contribution is 0.0501. The van der Waals surface area contributed by atoms with Crippen LogP contribution in [0.25, 0.3) is 43.1 Å². The molecule has 5 aromatic carbocycles. The maximum Gasteiger partial charge on any atom is 0.261 e. The Labute approximate surface area is 625 Å². The molecule has 0 N–H and O–H groups in total. The van der Waals surface area contributed by atoms with Crippen LogP contribution >= 0.6 is 0 Å². The van der Waals surface area contributed by atoms with E-state index in [0.717, 1.165) is 245 Å². The molecule has 8 nitrogen and oxygen atoms in total. The predicted molar refractivity (Wildman–Crippen MR) is 446 cm³/mol. The predicted octanol–water partition coefficient (Wildman–Crippen LogP) is 28.8. The summed E-state index contributed by atoms with van der Waals surface area (Å²) in [6, 6.07) is 13.3. The summed E-state index contributed by atoms with van der Waals surface area (Å²) in [5, 5.41) is 8.19. The minimum atomic E-state index is -0.168. The zero-order valence-corrected chi connectivity index (χ0v) is 68.1. The Hall–Kier alpha value is -4.40. The fourth-order valence-electron chi connectivity index (χ4n) is 18.6. The normalized spacial score (nSPS) is 13.7. The number of carbonyl (C=O) groups excluding carboxylic acids is 4. The molecular formula is C94H154N4O4+2. The fraction of sp³-hybridized carbons (Fsp3) is 0.745. The van der Waals surface area contributed by atoms with Crippen LogP contribution in [-0.2, 0) is 0 Å². The maximum atomic E-state index is 16.7. The Morgan fingerprint density at radius 3 is 0.667 bits per heavy atom. The van der Waals surface area contributed by atoms with Crippen LogP contribution in [0.3, 0.4) is 0 Å². The van der Waals surface area contributed by atoms with Crippen molar-refractivity contribution in [2.75, 3.05) is 39.3 Å². The molecule has 0 fully saturated rings. The zero-order valence-electron chi connectivity index (χ0n) is 68.1. The van der Waals surface area contributed by atoms with Crippen LogP contribution in [0.2, 0.25) is 0 Å². The lowest BCUT2D eigenvalue weighted by atomic mass is 9.79. The lowest BCUT2D eigenvalue weighted by Crippen LogP contribution is -2.52. The molecule has 8 heteroatoms. The summed E-state index contributed by atoms with van der Waals surface area (Å²) in [4.78, 5) is 69.5. The number of imide groups is 2. The van der Waals surface area contributed by atoms with E-state index >= 15 is 19.2 Å². The van der Waals surface area contributed by atoms with Gasteiger partial charge in [-0.05, 0) is 87.1 Å². The van der Waals surface area contributed by atoms with Gasteiger partial charge in [-0.2, -0.15) is 0 Å². The molecule has 0 aliphatic carbocycles. The van der Waals surface area contributed by atoms with E-state index in [4.69, 9.17) is 0 Å². The first-order chi connectivity index (χ1) is 50.0. The summed E-state index contributed by atoms with van der Waals surface area (Å²) in [6.45, 7) is 28.9. The van der Waals surface area contributed by atoms with Crippen molar-refractivity contribution in [1.29, 1.82) is 0 Å². The van der Waals surface area contributed by atoms with Gasteiger partial charge in [0.15, 0.2) is 0 Å². The second-order valence-corrected chi connectivity index (χ2v) is 32.9. The van der Waals surface area contributed by atoms with Crippen LogP contribution in [0.15, 0.2) is 36.4 Å². The topological polar surface area (TPSA) is 74.8 Å². The molecule has 0 spiro atoms. The molecule has 5 aromatic rings. The molecule has 2 aliphatic heterocycles. The summed E-state index contributed by atoms with van der Waals surface area (Å²) in [5.41, 5.74) is 5.16. The van der Waals surface area contributed by atoms with Gasteiger partial charge in [0.2, 0.25) is 0 Å². The SMILES string of the molecule is CCCCCCCCCCCC(CCCCCCCCCCC)N1C(=O)c2ccc3c4c([N+](CCCC)(CCCC)CCCC)cc5c6c(ccc(c7c([N+](CCCC)(CCCC)CCCC)cc(c2c37)C1=O)c64)C(=O)N(C(CCCCCCCCCCC)CCCCCCCCCCC)C5=O. The summed E-state index contributed by atoms with van der Waals surface area (Å²) in [6.07, 6.45) is 60.6. The molecule has 0 atom stereocenters. The van der Waals surface area contributed by atoms with E-state index < -0.39 is 0 Å². The van der Waals surface area contributed by atoms with E-state index in [0.29, 0.717) is 22.3 Å². The molecular weight excluding hydrogens is 1250 g/mol. The van der Waals surface area contributed by atoms with E-state index in [1.54, 1.807) is 0 Å². The van der Waals surface area contributed by atoms with Crippen molar-refractivity contribution in [3.8, 4) is 0 Å². The van der Waals surface area contributed by atoms with E-state index in [9.17, 15) is 0 Å². The van der Waals surface area contributed by atoms with Gasteiger partial charge < -0.3 is 0 Å². The van der Waals surface area contributed by atoms with Crippen molar-refractivity contribution >= 4 is 78.1 Å². The highest BCUT2D eigenvalue weighted by molar-refractivity contribution is 6.44. The second-order valence-electron chi connectivity index (χ2n) is 32.9. The largest absolute Gasteiger partial charge is 0.291 e. The van der Waals surface area contributed by atoms with Crippen molar-refractivity contribution in [1.82, 2.24) is 18.8 Å². The first-order valence-electron chi connectivity index (χ1n) is 44.8. The molecule has 2 heterocycles. The number of carbonyl (C=O) groups is 4. The smallest absolute Gasteiger partial charge is 0.261 e. The van der Waals surface area contributed by atoms with Crippen LogP contribution in [-0.4, -0.2) is 84.8 Å². The highest BCUT2D eigenvalue weighted by Gasteiger charge is 2.46. The molecule has 0 bridgehead atoms. The van der Waals surface area contributed by atoms with Crippen molar-refractivity contribution in [3.05, 3.63) is 58.7 Å².